The van der Waals surface area contributed by atoms with Crippen molar-refractivity contribution in [3.05, 3.63) is 65.7 Å². The number of nitrogens with zero attached hydrogens (tertiary/aromatic N) is 4. The molecule has 1 N–H and O–H groups in total. The first kappa shape index (κ1) is 26.8. The van der Waals surface area contributed by atoms with Crippen molar-refractivity contribution in [1.82, 2.24) is 19.0 Å². The number of anilines is 1. The van der Waals surface area contributed by atoms with E-state index in [1.807, 2.05) is 25.2 Å². The van der Waals surface area contributed by atoms with E-state index in [9.17, 15) is 9.59 Å². The molecule has 8 nitrogen and oxygen atoms in total. The summed E-state index contributed by atoms with van der Waals surface area (Å²) in [5, 5.41) is 4.11. The van der Waals surface area contributed by atoms with Gasteiger partial charge in [-0.05, 0) is 96.5 Å². The van der Waals surface area contributed by atoms with Gasteiger partial charge in [0.15, 0.2) is 5.82 Å². The van der Waals surface area contributed by atoms with E-state index in [0.717, 1.165) is 64.4 Å². The number of ether oxygens (including phenoxy) is 1. The number of imidazole rings is 1. The second-order valence-electron chi connectivity index (χ2n) is 13.7. The third-order valence-electron chi connectivity index (χ3n) is 11.0. The molecule has 4 heterocycles. The lowest BCUT2D eigenvalue weighted by molar-refractivity contribution is -0.115. The highest BCUT2D eigenvalue weighted by Gasteiger charge is 2.46. The van der Waals surface area contributed by atoms with Crippen LogP contribution in [0.25, 0.3) is 44.6 Å². The number of carbonyl (C=O) groups excluding carboxylic acids is 2. The summed E-state index contributed by atoms with van der Waals surface area (Å²) in [6.45, 7) is 4.08. The molecule has 3 aromatic carbocycles. The van der Waals surface area contributed by atoms with Gasteiger partial charge >= 0.3 is 0 Å². The zero-order valence-electron chi connectivity index (χ0n) is 26.0. The number of hydrogen-bond acceptors (Lipinski definition) is 4. The molecule has 2 amide bonds. The molecule has 3 fully saturated rings. The Balaban J connectivity index is 1.14. The smallest absolute Gasteiger partial charge is 0.254 e. The second kappa shape index (κ2) is 9.70. The minimum atomic E-state index is 0.0498. The Kier molecular flexibility index (Phi) is 5.77. The summed E-state index contributed by atoms with van der Waals surface area (Å²) >= 11 is 0. The predicted molar refractivity (Wildman–Crippen MR) is 175 cm³/mol. The maximum Gasteiger partial charge on any atom is 0.254 e. The fourth-order valence-electron chi connectivity index (χ4n) is 8.31. The first-order chi connectivity index (χ1) is 21.9. The van der Waals surface area contributed by atoms with Crippen LogP contribution < -0.4 is 10.1 Å². The number of benzene rings is 3. The van der Waals surface area contributed by atoms with Crippen molar-refractivity contribution in [2.45, 2.75) is 51.6 Å². The summed E-state index contributed by atoms with van der Waals surface area (Å²) in [6.07, 6.45) is 5.23. The maximum atomic E-state index is 13.8. The number of hydrogen-bond donors (Lipinski definition) is 1. The quantitative estimate of drug-likeness (QED) is 0.237. The molecule has 228 valence electrons. The van der Waals surface area contributed by atoms with Crippen LogP contribution in [-0.4, -0.2) is 50.5 Å². The van der Waals surface area contributed by atoms with Crippen molar-refractivity contribution in [3.8, 4) is 28.4 Å². The molecule has 2 aliphatic carbocycles. The van der Waals surface area contributed by atoms with Gasteiger partial charge in [-0.3, -0.25) is 9.59 Å². The van der Waals surface area contributed by atoms with Crippen molar-refractivity contribution in [2.24, 2.45) is 24.8 Å². The third kappa shape index (κ3) is 4.14. The Hall–Kier alpha value is -4.59. The van der Waals surface area contributed by atoms with Gasteiger partial charge < -0.3 is 24.1 Å². The van der Waals surface area contributed by atoms with Gasteiger partial charge in [-0.1, -0.05) is 25.1 Å². The molecule has 0 spiro atoms. The Morgan fingerprint density at radius 3 is 2.60 bits per heavy atom. The average Bonchev–Trinajstić information content (AvgIpc) is 3.26. The van der Waals surface area contributed by atoms with E-state index in [-0.39, 0.29) is 11.8 Å². The van der Waals surface area contributed by atoms with Crippen LogP contribution in [0.4, 0.5) is 5.69 Å². The molecule has 4 aliphatic rings. The zero-order chi connectivity index (χ0) is 30.6. The van der Waals surface area contributed by atoms with Crippen LogP contribution in [0.15, 0.2) is 54.6 Å². The Morgan fingerprint density at radius 1 is 1.02 bits per heavy atom. The minimum Gasteiger partial charge on any atom is -0.494 e. The molecule has 3 atom stereocenters. The molecule has 8 heteroatoms. The first-order valence-corrected chi connectivity index (χ1v) is 16.3. The van der Waals surface area contributed by atoms with E-state index in [4.69, 9.17) is 9.72 Å². The van der Waals surface area contributed by atoms with Crippen molar-refractivity contribution in [3.63, 3.8) is 0 Å². The summed E-state index contributed by atoms with van der Waals surface area (Å²) in [4.78, 5) is 33.0. The largest absolute Gasteiger partial charge is 0.494 e. The lowest BCUT2D eigenvalue weighted by Crippen LogP contribution is -2.38. The highest BCUT2D eigenvalue weighted by atomic mass is 16.5. The number of amides is 2. The van der Waals surface area contributed by atoms with E-state index >= 15 is 0 Å². The molecule has 9 rings (SSSR count). The summed E-state index contributed by atoms with van der Waals surface area (Å²) in [7, 11) is 3.71. The summed E-state index contributed by atoms with van der Waals surface area (Å²) in [5.41, 5.74) is 8.76. The number of aromatic nitrogens is 3. The molecular weight excluding hydrogens is 562 g/mol. The highest BCUT2D eigenvalue weighted by molar-refractivity contribution is 6.01. The van der Waals surface area contributed by atoms with Gasteiger partial charge in [0.05, 0.1) is 24.7 Å². The Bertz CT molecular complexity index is 2070. The molecular formula is C37H37N5O3. The molecule has 1 saturated heterocycles. The maximum absolute atomic E-state index is 13.8. The van der Waals surface area contributed by atoms with E-state index in [0.29, 0.717) is 41.5 Å². The number of likely N-dealkylation sites (tertiary alicyclic amines) is 1. The number of nitrogens with one attached hydrogen (secondary N) is 1. The van der Waals surface area contributed by atoms with Crippen molar-refractivity contribution < 1.29 is 14.3 Å². The predicted octanol–water partition coefficient (Wildman–Crippen LogP) is 6.65. The van der Waals surface area contributed by atoms with Gasteiger partial charge in [-0.25, -0.2) is 4.98 Å². The van der Waals surface area contributed by atoms with Gasteiger partial charge in [-0.15, -0.1) is 0 Å². The monoisotopic (exact) mass is 599 g/mol. The summed E-state index contributed by atoms with van der Waals surface area (Å²) in [5.74, 6) is 3.51. The molecule has 45 heavy (non-hydrogen) atoms. The Morgan fingerprint density at radius 2 is 1.84 bits per heavy atom. The van der Waals surface area contributed by atoms with Gasteiger partial charge in [0.25, 0.3) is 5.91 Å². The molecule has 2 aliphatic heterocycles. The van der Waals surface area contributed by atoms with Crippen molar-refractivity contribution in [1.29, 1.82) is 0 Å². The Labute approximate surface area is 262 Å². The second-order valence-corrected chi connectivity index (χ2v) is 13.7. The minimum absolute atomic E-state index is 0.0498. The van der Waals surface area contributed by atoms with Gasteiger partial charge in [0.1, 0.15) is 11.3 Å². The highest BCUT2D eigenvalue weighted by Crippen LogP contribution is 2.44. The van der Waals surface area contributed by atoms with Gasteiger partial charge in [0.2, 0.25) is 5.91 Å². The SMILES string of the molecule is COc1cc(C(=O)N2CC3CCC2[C@@H]3C)cc2nc(-c3cc4ccc(-c5ccc6c(c5)CC(=O)N6)cc4n3CC3CC3)n(C)c12. The summed E-state index contributed by atoms with van der Waals surface area (Å²) in [6, 6.07) is 19.3. The zero-order valence-corrected chi connectivity index (χ0v) is 26.0. The molecule has 2 aromatic heterocycles. The van der Waals surface area contributed by atoms with E-state index in [1.54, 1.807) is 7.11 Å². The number of aryl methyl sites for hydroxylation is 1. The third-order valence-corrected chi connectivity index (χ3v) is 11.0. The normalized spacial score (nSPS) is 22.1. The summed E-state index contributed by atoms with van der Waals surface area (Å²) < 4.78 is 10.4. The van der Waals surface area contributed by atoms with E-state index < -0.39 is 0 Å². The van der Waals surface area contributed by atoms with E-state index in [1.165, 1.54) is 30.2 Å². The molecule has 2 bridgehead atoms. The fourth-order valence-corrected chi connectivity index (χ4v) is 8.31. The number of carbonyl (C=O) groups is 2. The molecule has 2 unspecified atom stereocenters. The van der Waals surface area contributed by atoms with Crippen LogP contribution in [0.2, 0.25) is 0 Å². The van der Waals surface area contributed by atoms with Crippen molar-refractivity contribution >= 4 is 39.4 Å². The van der Waals surface area contributed by atoms with Crippen LogP contribution in [-0.2, 0) is 24.8 Å². The molecule has 2 saturated carbocycles. The van der Waals surface area contributed by atoms with Crippen LogP contribution in [0.3, 0.4) is 0 Å². The standard InChI is InChI=1S/C37H37N5O3/c1-20-25-9-11-30(20)42(19-25)37(44)27-13-29-35(33(16-27)45-3)40(2)36(39-29)32-15-24-7-6-23(14-31(24)41(32)18-21-4-5-21)22-8-10-28-26(12-22)17-34(43)38-28/h6-8,10,12-16,20-21,25,30H,4-5,9,11,17-19H2,1-3H3,(H,38,43)/t20-,25?,30?/m1/s1. The fraction of sp³-hybridized carbons (Fsp3) is 0.378. The van der Waals surface area contributed by atoms with Crippen LogP contribution in [0.5, 0.6) is 5.75 Å². The molecule has 5 aromatic rings. The lowest BCUT2D eigenvalue weighted by atomic mass is 10.0. The van der Waals surface area contributed by atoms with Crippen LogP contribution in [0, 0.1) is 17.8 Å². The lowest BCUT2D eigenvalue weighted by Gasteiger charge is -2.27. The number of fused-ring (bicyclic) bond motifs is 5. The van der Waals surface area contributed by atoms with E-state index in [2.05, 4.69) is 62.7 Å². The van der Waals surface area contributed by atoms with Gasteiger partial charge in [-0.2, -0.15) is 0 Å². The number of methoxy groups -OCH3 is 1. The molecule has 0 radical (unpaired) electrons. The first-order valence-electron chi connectivity index (χ1n) is 16.3. The number of piperidine rings is 1. The van der Waals surface area contributed by atoms with Crippen LogP contribution >= 0.6 is 0 Å². The topological polar surface area (TPSA) is 81.4 Å². The van der Waals surface area contributed by atoms with Crippen molar-refractivity contribution in [2.75, 3.05) is 19.0 Å². The number of rotatable bonds is 6. The van der Waals surface area contributed by atoms with Gasteiger partial charge in [0, 0.05) is 48.3 Å². The average molecular weight is 600 g/mol. The van der Waals surface area contributed by atoms with Crippen LogP contribution in [0.1, 0.15) is 48.5 Å².